The van der Waals surface area contributed by atoms with E-state index in [9.17, 15) is 4.39 Å². The Kier molecular flexibility index (Phi) is 3.64. The lowest BCUT2D eigenvalue weighted by molar-refractivity contribution is 0.600. The van der Waals surface area contributed by atoms with Gasteiger partial charge in [-0.3, -0.25) is 0 Å². The molecule has 0 amide bonds. The molecule has 3 rings (SSSR count). The molecular formula is C16H15FN4. The smallest absolute Gasteiger partial charge is 0.153 e. The van der Waals surface area contributed by atoms with Gasteiger partial charge in [0, 0.05) is 18.0 Å². The van der Waals surface area contributed by atoms with Gasteiger partial charge in [-0.2, -0.15) is 5.10 Å². The van der Waals surface area contributed by atoms with Crippen molar-refractivity contribution in [3.05, 3.63) is 72.4 Å². The number of halogens is 1. The lowest BCUT2D eigenvalue weighted by Gasteiger charge is -2.16. The summed E-state index contributed by atoms with van der Waals surface area (Å²) >= 11 is 0. The van der Waals surface area contributed by atoms with Gasteiger partial charge >= 0.3 is 0 Å². The van der Waals surface area contributed by atoms with Crippen molar-refractivity contribution in [3.8, 4) is 5.82 Å². The molecule has 0 saturated heterocycles. The maximum Gasteiger partial charge on any atom is 0.153 e. The minimum absolute atomic E-state index is 0.136. The summed E-state index contributed by atoms with van der Waals surface area (Å²) in [6.45, 7) is 1.92. The molecule has 1 unspecified atom stereocenters. The molecule has 0 fully saturated rings. The molecule has 0 aliphatic carbocycles. The maximum atomic E-state index is 13.7. The van der Waals surface area contributed by atoms with Crippen molar-refractivity contribution in [3.63, 3.8) is 0 Å². The largest absolute Gasteiger partial charge is 0.377 e. The zero-order chi connectivity index (χ0) is 14.7. The van der Waals surface area contributed by atoms with Crippen LogP contribution in [0.2, 0.25) is 0 Å². The highest BCUT2D eigenvalue weighted by molar-refractivity contribution is 5.45. The van der Waals surface area contributed by atoms with Crippen LogP contribution in [-0.4, -0.2) is 14.8 Å². The highest BCUT2D eigenvalue weighted by Crippen LogP contribution is 2.21. The monoisotopic (exact) mass is 282 g/mol. The summed E-state index contributed by atoms with van der Waals surface area (Å²) in [5.41, 5.74) is 1.47. The molecule has 1 N–H and O–H groups in total. The van der Waals surface area contributed by atoms with Crippen LogP contribution < -0.4 is 5.32 Å². The van der Waals surface area contributed by atoms with Crippen molar-refractivity contribution in [2.24, 2.45) is 0 Å². The molecule has 1 atom stereocenters. The molecule has 0 bridgehead atoms. The Hall–Kier alpha value is -2.69. The fourth-order valence-electron chi connectivity index (χ4n) is 2.17. The number of hydrogen-bond acceptors (Lipinski definition) is 3. The summed E-state index contributed by atoms with van der Waals surface area (Å²) in [6.07, 6.45) is 5.25. The first-order valence-electron chi connectivity index (χ1n) is 6.71. The Morgan fingerprint density at radius 1 is 1.14 bits per heavy atom. The number of nitrogens with one attached hydrogen (secondary N) is 1. The average Bonchev–Trinajstić information content (AvgIpc) is 3.02. The predicted octanol–water partition coefficient (Wildman–Crippen LogP) is 3.58. The first-order chi connectivity index (χ1) is 10.2. The van der Waals surface area contributed by atoms with Crippen LogP contribution in [0.3, 0.4) is 0 Å². The molecule has 0 spiro atoms. The van der Waals surface area contributed by atoms with Gasteiger partial charge in [-0.25, -0.2) is 14.1 Å². The molecule has 106 valence electrons. The molecule has 1 aromatic carbocycles. The van der Waals surface area contributed by atoms with Crippen molar-refractivity contribution in [2.75, 3.05) is 5.32 Å². The molecule has 0 radical (unpaired) electrons. The van der Waals surface area contributed by atoms with Crippen LogP contribution in [0, 0.1) is 5.82 Å². The van der Waals surface area contributed by atoms with E-state index in [2.05, 4.69) is 15.4 Å². The minimum Gasteiger partial charge on any atom is -0.377 e. The first kappa shape index (κ1) is 13.3. The van der Waals surface area contributed by atoms with E-state index in [4.69, 9.17) is 0 Å². The number of pyridine rings is 1. The van der Waals surface area contributed by atoms with Gasteiger partial charge in [0.2, 0.25) is 0 Å². The van der Waals surface area contributed by atoms with Crippen LogP contribution in [0.25, 0.3) is 5.82 Å². The molecule has 0 aliphatic rings. The number of rotatable bonds is 4. The van der Waals surface area contributed by atoms with E-state index in [-0.39, 0.29) is 11.9 Å². The first-order valence-corrected chi connectivity index (χ1v) is 6.71. The van der Waals surface area contributed by atoms with Gasteiger partial charge < -0.3 is 5.32 Å². The van der Waals surface area contributed by atoms with E-state index < -0.39 is 0 Å². The van der Waals surface area contributed by atoms with Gasteiger partial charge in [0.1, 0.15) is 5.82 Å². The normalized spacial score (nSPS) is 12.1. The summed E-state index contributed by atoms with van der Waals surface area (Å²) in [6, 6.07) is 12.2. The van der Waals surface area contributed by atoms with Crippen LogP contribution in [0.15, 0.2) is 61.1 Å². The third kappa shape index (κ3) is 2.91. The number of anilines is 1. The summed E-state index contributed by atoms with van der Waals surface area (Å²) in [5.74, 6) is 0.530. The van der Waals surface area contributed by atoms with Crippen LogP contribution in [0.4, 0.5) is 10.1 Å². The Balaban J connectivity index is 1.75. The zero-order valence-corrected chi connectivity index (χ0v) is 11.6. The van der Waals surface area contributed by atoms with Crippen molar-refractivity contribution in [1.82, 2.24) is 14.8 Å². The number of nitrogens with zero attached hydrogens (tertiary/aromatic N) is 3. The molecule has 21 heavy (non-hydrogen) atoms. The van der Waals surface area contributed by atoms with E-state index >= 15 is 0 Å². The predicted molar refractivity (Wildman–Crippen MR) is 79.8 cm³/mol. The Morgan fingerprint density at radius 3 is 2.67 bits per heavy atom. The van der Waals surface area contributed by atoms with Gasteiger partial charge in [-0.05, 0) is 31.2 Å². The van der Waals surface area contributed by atoms with Crippen LogP contribution in [0.5, 0.6) is 0 Å². The third-order valence-electron chi connectivity index (χ3n) is 3.24. The second-order valence-corrected chi connectivity index (χ2v) is 4.74. The highest BCUT2D eigenvalue weighted by Gasteiger charge is 2.10. The van der Waals surface area contributed by atoms with E-state index in [1.54, 1.807) is 29.2 Å². The van der Waals surface area contributed by atoms with Gasteiger partial charge in [0.25, 0.3) is 0 Å². The Morgan fingerprint density at radius 2 is 2.00 bits per heavy atom. The van der Waals surface area contributed by atoms with Crippen molar-refractivity contribution in [2.45, 2.75) is 13.0 Å². The zero-order valence-electron chi connectivity index (χ0n) is 11.6. The van der Waals surface area contributed by atoms with E-state index in [1.807, 2.05) is 37.4 Å². The lowest BCUT2D eigenvalue weighted by Crippen LogP contribution is -2.09. The van der Waals surface area contributed by atoms with Gasteiger partial charge in [-0.15, -0.1) is 0 Å². The third-order valence-corrected chi connectivity index (χ3v) is 3.24. The van der Waals surface area contributed by atoms with E-state index in [0.29, 0.717) is 5.56 Å². The number of aromatic nitrogens is 3. The quantitative estimate of drug-likeness (QED) is 0.795. The van der Waals surface area contributed by atoms with Crippen LogP contribution >= 0.6 is 0 Å². The fraction of sp³-hybridized carbons (Fsp3) is 0.125. The molecule has 0 saturated carbocycles. The average molecular weight is 282 g/mol. The van der Waals surface area contributed by atoms with Crippen molar-refractivity contribution >= 4 is 5.69 Å². The number of benzene rings is 1. The second kappa shape index (κ2) is 5.75. The summed E-state index contributed by atoms with van der Waals surface area (Å²) in [4.78, 5) is 4.33. The van der Waals surface area contributed by atoms with Crippen LogP contribution in [-0.2, 0) is 0 Å². The highest BCUT2D eigenvalue weighted by atomic mass is 19.1. The maximum absolute atomic E-state index is 13.7. The summed E-state index contributed by atoms with van der Waals surface area (Å²) < 4.78 is 15.4. The second-order valence-electron chi connectivity index (χ2n) is 4.74. The molecule has 2 aromatic heterocycles. The fourth-order valence-corrected chi connectivity index (χ4v) is 2.17. The van der Waals surface area contributed by atoms with E-state index in [1.165, 1.54) is 6.07 Å². The molecular weight excluding hydrogens is 267 g/mol. The van der Waals surface area contributed by atoms with Crippen molar-refractivity contribution in [1.29, 1.82) is 0 Å². The van der Waals surface area contributed by atoms with Crippen LogP contribution in [0.1, 0.15) is 18.5 Å². The van der Waals surface area contributed by atoms with Gasteiger partial charge in [0.05, 0.1) is 17.9 Å². The summed E-state index contributed by atoms with van der Waals surface area (Å²) in [7, 11) is 0. The van der Waals surface area contributed by atoms with E-state index in [0.717, 1.165) is 11.5 Å². The van der Waals surface area contributed by atoms with Gasteiger partial charge in [-0.1, -0.05) is 18.2 Å². The molecule has 3 aromatic rings. The molecule has 5 heteroatoms. The molecule has 2 heterocycles. The van der Waals surface area contributed by atoms with Crippen molar-refractivity contribution < 1.29 is 4.39 Å². The Labute approximate surface area is 122 Å². The SMILES string of the molecule is CC(Nc1ccc(-n2cccn2)nc1)c1ccccc1F. The molecule has 4 nitrogen and oxygen atoms in total. The summed E-state index contributed by atoms with van der Waals surface area (Å²) in [5, 5.41) is 7.36. The standard InChI is InChI=1S/C16H15FN4/c1-12(14-5-2-3-6-15(14)17)20-13-7-8-16(18-11-13)21-10-4-9-19-21/h2-12,20H,1H3. The molecule has 0 aliphatic heterocycles. The number of hydrogen-bond donors (Lipinski definition) is 1. The minimum atomic E-state index is -0.210. The lowest BCUT2D eigenvalue weighted by atomic mass is 10.1. The topological polar surface area (TPSA) is 42.7 Å². The Bertz CT molecular complexity index is 707. The van der Waals surface area contributed by atoms with Gasteiger partial charge in [0.15, 0.2) is 5.82 Å².